The molecule has 1 heterocycles. The lowest BCUT2D eigenvalue weighted by Gasteiger charge is -2.37. The second kappa shape index (κ2) is 6.72. The minimum absolute atomic E-state index is 0.00995. The van der Waals surface area contributed by atoms with E-state index in [1.165, 1.54) is 5.56 Å². The van der Waals surface area contributed by atoms with E-state index in [9.17, 15) is 4.79 Å². The lowest BCUT2D eigenvalue weighted by molar-refractivity contribution is -0.124. The number of likely N-dealkylation sites (N-methyl/N-ethyl adjacent to an activating group) is 1. The molecule has 0 spiro atoms. The second-order valence-electron chi connectivity index (χ2n) is 5.01. The highest BCUT2D eigenvalue weighted by atomic mass is 16.5. The zero-order valence-electron chi connectivity index (χ0n) is 12.2. The number of hydrogen-bond donors (Lipinski definition) is 2. The van der Waals surface area contributed by atoms with Crippen LogP contribution in [0.25, 0.3) is 0 Å². The number of nitrogens with one attached hydrogen (secondary N) is 1. The Kier molecular flexibility index (Phi) is 4.98. The number of nitrogens with two attached hydrogens (primary N) is 1. The average molecular weight is 277 g/mol. The van der Waals surface area contributed by atoms with E-state index in [0.717, 1.165) is 11.3 Å². The van der Waals surface area contributed by atoms with Crippen LogP contribution in [0, 0.1) is 6.92 Å². The molecule has 0 aromatic heterocycles. The van der Waals surface area contributed by atoms with Gasteiger partial charge >= 0.3 is 0 Å². The number of benzene rings is 1. The van der Waals surface area contributed by atoms with E-state index >= 15 is 0 Å². The van der Waals surface area contributed by atoms with E-state index in [1.807, 2.05) is 13.8 Å². The standard InChI is InChI=1S/C15H23N3O2/c1-3-17-15(19)14-10-20-7-6-18(14)13-5-4-11(2)8-12(13)9-16/h4-5,8,14H,3,6-7,9-10,16H2,1-2H3,(H,17,19). The Morgan fingerprint density at radius 3 is 3.05 bits per heavy atom. The number of nitrogens with zero attached hydrogens (tertiary/aromatic N) is 1. The summed E-state index contributed by atoms with van der Waals surface area (Å²) < 4.78 is 5.46. The Hall–Kier alpha value is -1.59. The molecule has 1 fully saturated rings. The SMILES string of the molecule is CCNC(=O)C1COCCN1c1ccc(C)cc1CN. The first kappa shape index (κ1) is 14.8. The van der Waals surface area contributed by atoms with Gasteiger partial charge < -0.3 is 20.7 Å². The quantitative estimate of drug-likeness (QED) is 0.854. The van der Waals surface area contributed by atoms with E-state index in [2.05, 4.69) is 28.4 Å². The summed E-state index contributed by atoms with van der Waals surface area (Å²) in [4.78, 5) is 14.3. The summed E-state index contributed by atoms with van der Waals surface area (Å²) in [6.45, 7) is 6.82. The van der Waals surface area contributed by atoms with Gasteiger partial charge in [-0.2, -0.15) is 0 Å². The molecule has 1 aliphatic rings. The highest BCUT2D eigenvalue weighted by Crippen LogP contribution is 2.25. The maximum atomic E-state index is 12.2. The molecule has 2 rings (SSSR count). The van der Waals surface area contributed by atoms with Gasteiger partial charge in [0.1, 0.15) is 6.04 Å². The molecular formula is C15H23N3O2. The molecule has 1 aliphatic heterocycles. The zero-order chi connectivity index (χ0) is 14.5. The highest BCUT2D eigenvalue weighted by molar-refractivity contribution is 5.86. The molecule has 1 amide bonds. The molecule has 1 unspecified atom stereocenters. The lowest BCUT2D eigenvalue weighted by Crippen LogP contribution is -2.54. The molecule has 5 nitrogen and oxygen atoms in total. The number of carbonyl (C=O) groups excluding carboxylic acids is 1. The van der Waals surface area contributed by atoms with E-state index in [4.69, 9.17) is 10.5 Å². The van der Waals surface area contributed by atoms with Gasteiger partial charge in [-0.1, -0.05) is 17.7 Å². The topological polar surface area (TPSA) is 67.6 Å². The first-order valence-corrected chi connectivity index (χ1v) is 7.09. The fourth-order valence-corrected chi connectivity index (χ4v) is 2.56. The highest BCUT2D eigenvalue weighted by Gasteiger charge is 2.30. The van der Waals surface area contributed by atoms with Crippen LogP contribution in [0.1, 0.15) is 18.1 Å². The number of ether oxygens (including phenoxy) is 1. The summed E-state index contributed by atoms with van der Waals surface area (Å²) >= 11 is 0. The fraction of sp³-hybridized carbons (Fsp3) is 0.533. The fourth-order valence-electron chi connectivity index (χ4n) is 2.56. The van der Waals surface area contributed by atoms with E-state index in [0.29, 0.717) is 32.8 Å². The van der Waals surface area contributed by atoms with Crippen LogP contribution in [0.15, 0.2) is 18.2 Å². The van der Waals surface area contributed by atoms with Crippen molar-refractivity contribution in [2.24, 2.45) is 5.73 Å². The van der Waals surface area contributed by atoms with Gasteiger partial charge in [-0.05, 0) is 25.5 Å². The average Bonchev–Trinajstić information content (AvgIpc) is 2.47. The summed E-state index contributed by atoms with van der Waals surface area (Å²) in [5.74, 6) is 0.00995. The van der Waals surface area contributed by atoms with Crippen LogP contribution >= 0.6 is 0 Å². The van der Waals surface area contributed by atoms with E-state index in [-0.39, 0.29) is 11.9 Å². The van der Waals surface area contributed by atoms with Crippen LogP contribution in [0.2, 0.25) is 0 Å². The van der Waals surface area contributed by atoms with Gasteiger partial charge in [0.25, 0.3) is 0 Å². The van der Waals surface area contributed by atoms with E-state index < -0.39 is 0 Å². The normalized spacial score (nSPS) is 18.9. The smallest absolute Gasteiger partial charge is 0.245 e. The number of morpholine rings is 1. The van der Waals surface area contributed by atoms with Crippen molar-refractivity contribution >= 4 is 11.6 Å². The van der Waals surface area contributed by atoms with Crippen LogP contribution in [0.5, 0.6) is 0 Å². The summed E-state index contributed by atoms with van der Waals surface area (Å²) in [6.07, 6.45) is 0. The minimum Gasteiger partial charge on any atom is -0.377 e. The minimum atomic E-state index is -0.281. The third kappa shape index (κ3) is 3.11. The van der Waals surface area contributed by atoms with Crippen LogP contribution in [-0.4, -0.2) is 38.3 Å². The maximum absolute atomic E-state index is 12.2. The second-order valence-corrected chi connectivity index (χ2v) is 5.01. The molecule has 0 radical (unpaired) electrons. The number of aryl methyl sites for hydroxylation is 1. The van der Waals surface area contributed by atoms with Gasteiger partial charge in [0.2, 0.25) is 5.91 Å². The van der Waals surface area contributed by atoms with Gasteiger partial charge in [0.15, 0.2) is 0 Å². The van der Waals surface area contributed by atoms with Crippen molar-refractivity contribution in [3.05, 3.63) is 29.3 Å². The molecule has 1 atom stereocenters. The molecule has 20 heavy (non-hydrogen) atoms. The van der Waals surface area contributed by atoms with Crippen LogP contribution in [0.3, 0.4) is 0 Å². The predicted octanol–water partition coefficient (Wildman–Crippen LogP) is 0.795. The van der Waals surface area contributed by atoms with Crippen LogP contribution in [0.4, 0.5) is 5.69 Å². The number of carbonyl (C=O) groups is 1. The molecular weight excluding hydrogens is 254 g/mol. The first-order valence-electron chi connectivity index (χ1n) is 7.09. The summed E-state index contributed by atoms with van der Waals surface area (Å²) in [6, 6.07) is 5.91. The van der Waals surface area contributed by atoms with Crippen molar-refractivity contribution in [2.45, 2.75) is 26.4 Å². The summed E-state index contributed by atoms with van der Waals surface area (Å²) in [5.41, 5.74) is 9.14. The van der Waals surface area contributed by atoms with Crippen molar-refractivity contribution in [3.63, 3.8) is 0 Å². The molecule has 3 N–H and O–H groups in total. The van der Waals surface area contributed by atoms with E-state index in [1.54, 1.807) is 0 Å². The number of hydrogen-bond acceptors (Lipinski definition) is 4. The van der Waals surface area contributed by atoms with Gasteiger partial charge in [-0.15, -0.1) is 0 Å². The molecule has 5 heteroatoms. The summed E-state index contributed by atoms with van der Waals surface area (Å²) in [7, 11) is 0. The van der Waals surface area contributed by atoms with Gasteiger partial charge in [-0.3, -0.25) is 4.79 Å². The van der Waals surface area contributed by atoms with Gasteiger partial charge in [0.05, 0.1) is 13.2 Å². The van der Waals surface area contributed by atoms with Crippen molar-refractivity contribution in [1.82, 2.24) is 5.32 Å². The predicted molar refractivity (Wildman–Crippen MR) is 79.7 cm³/mol. The zero-order valence-corrected chi connectivity index (χ0v) is 12.2. The number of rotatable bonds is 4. The Morgan fingerprint density at radius 1 is 1.55 bits per heavy atom. The maximum Gasteiger partial charge on any atom is 0.245 e. The lowest BCUT2D eigenvalue weighted by atomic mass is 10.1. The molecule has 1 aromatic carbocycles. The third-order valence-corrected chi connectivity index (χ3v) is 3.55. The van der Waals surface area contributed by atoms with Crippen molar-refractivity contribution in [1.29, 1.82) is 0 Å². The first-order chi connectivity index (χ1) is 9.67. The molecule has 110 valence electrons. The Labute approximate surface area is 120 Å². The van der Waals surface area contributed by atoms with Gasteiger partial charge in [0, 0.05) is 25.3 Å². The molecule has 1 aromatic rings. The molecule has 0 saturated carbocycles. The summed E-state index contributed by atoms with van der Waals surface area (Å²) in [5, 5.41) is 2.87. The third-order valence-electron chi connectivity index (χ3n) is 3.55. The Balaban J connectivity index is 2.30. The van der Waals surface area contributed by atoms with Crippen molar-refractivity contribution < 1.29 is 9.53 Å². The van der Waals surface area contributed by atoms with Crippen molar-refractivity contribution in [3.8, 4) is 0 Å². The van der Waals surface area contributed by atoms with Crippen LogP contribution < -0.4 is 16.0 Å². The molecule has 1 saturated heterocycles. The molecule has 0 bridgehead atoms. The van der Waals surface area contributed by atoms with Crippen molar-refractivity contribution in [2.75, 3.05) is 31.2 Å². The molecule has 0 aliphatic carbocycles. The van der Waals surface area contributed by atoms with Crippen LogP contribution in [-0.2, 0) is 16.1 Å². The van der Waals surface area contributed by atoms with Gasteiger partial charge in [-0.25, -0.2) is 0 Å². The monoisotopic (exact) mass is 277 g/mol. The largest absolute Gasteiger partial charge is 0.377 e. The number of anilines is 1. The number of amides is 1. The Morgan fingerprint density at radius 2 is 2.35 bits per heavy atom. The Bertz CT molecular complexity index is 476.